The predicted molar refractivity (Wildman–Crippen MR) is 119 cm³/mol. The van der Waals surface area contributed by atoms with Gasteiger partial charge in [-0.05, 0) is 35.7 Å². The SMILES string of the molecule is COc1cccc(-c2cn(C)c3c(=O)n(CC(=O)N4CCc5ccccc54)cnc23)c1. The molecular formula is C24H22N4O3. The van der Waals surface area contributed by atoms with Gasteiger partial charge in [0.2, 0.25) is 5.91 Å². The van der Waals surface area contributed by atoms with Crippen LogP contribution in [0.15, 0.2) is 65.8 Å². The molecule has 0 saturated heterocycles. The van der Waals surface area contributed by atoms with Crippen LogP contribution < -0.4 is 15.2 Å². The van der Waals surface area contributed by atoms with E-state index in [2.05, 4.69) is 4.98 Å². The third-order valence-electron chi connectivity index (χ3n) is 5.82. The number of nitrogens with zero attached hydrogens (tertiary/aromatic N) is 4. The smallest absolute Gasteiger partial charge is 0.278 e. The number of para-hydroxylation sites is 1. The molecule has 0 unspecified atom stereocenters. The molecule has 0 N–H and O–H groups in total. The lowest BCUT2D eigenvalue weighted by atomic mass is 10.1. The molecule has 3 heterocycles. The largest absolute Gasteiger partial charge is 0.497 e. The van der Waals surface area contributed by atoms with Gasteiger partial charge in [0.15, 0.2) is 0 Å². The number of aromatic nitrogens is 3. The van der Waals surface area contributed by atoms with Gasteiger partial charge >= 0.3 is 0 Å². The number of hydrogen-bond acceptors (Lipinski definition) is 4. The molecule has 2 aromatic heterocycles. The highest BCUT2D eigenvalue weighted by Gasteiger charge is 2.25. The van der Waals surface area contributed by atoms with Gasteiger partial charge in [-0.3, -0.25) is 14.2 Å². The van der Waals surface area contributed by atoms with E-state index in [9.17, 15) is 9.59 Å². The van der Waals surface area contributed by atoms with Crippen molar-refractivity contribution in [3.05, 3.63) is 77.0 Å². The lowest BCUT2D eigenvalue weighted by Gasteiger charge is -2.18. The third kappa shape index (κ3) is 3.18. The van der Waals surface area contributed by atoms with Gasteiger partial charge in [0.25, 0.3) is 5.56 Å². The molecule has 5 rings (SSSR count). The van der Waals surface area contributed by atoms with Gasteiger partial charge in [-0.2, -0.15) is 0 Å². The van der Waals surface area contributed by atoms with Gasteiger partial charge in [-0.1, -0.05) is 30.3 Å². The van der Waals surface area contributed by atoms with E-state index < -0.39 is 0 Å². The van der Waals surface area contributed by atoms with Crippen LogP contribution >= 0.6 is 0 Å². The first-order valence-corrected chi connectivity index (χ1v) is 10.1. The van der Waals surface area contributed by atoms with Gasteiger partial charge in [0.1, 0.15) is 23.3 Å². The molecule has 0 atom stereocenters. The van der Waals surface area contributed by atoms with Crippen molar-refractivity contribution in [2.45, 2.75) is 13.0 Å². The molecule has 0 aliphatic carbocycles. The second kappa shape index (κ2) is 7.43. The highest BCUT2D eigenvalue weighted by Crippen LogP contribution is 2.30. The van der Waals surface area contributed by atoms with E-state index in [0.717, 1.165) is 34.5 Å². The second-order valence-electron chi connectivity index (χ2n) is 7.68. The van der Waals surface area contributed by atoms with Crippen molar-refractivity contribution in [2.24, 2.45) is 7.05 Å². The van der Waals surface area contributed by atoms with Crippen molar-refractivity contribution in [1.82, 2.24) is 14.1 Å². The molecule has 1 aliphatic rings. The van der Waals surface area contributed by atoms with Crippen molar-refractivity contribution in [2.75, 3.05) is 18.6 Å². The van der Waals surface area contributed by atoms with Crippen molar-refractivity contribution >= 4 is 22.6 Å². The maximum absolute atomic E-state index is 13.2. The number of amides is 1. The summed E-state index contributed by atoms with van der Waals surface area (Å²) in [6.07, 6.45) is 4.18. The van der Waals surface area contributed by atoms with E-state index in [1.54, 1.807) is 16.6 Å². The number of carbonyl (C=O) groups is 1. The number of anilines is 1. The zero-order valence-electron chi connectivity index (χ0n) is 17.4. The summed E-state index contributed by atoms with van der Waals surface area (Å²) < 4.78 is 8.48. The van der Waals surface area contributed by atoms with Gasteiger partial charge < -0.3 is 14.2 Å². The van der Waals surface area contributed by atoms with Crippen LogP contribution in [0.25, 0.3) is 22.2 Å². The van der Waals surface area contributed by atoms with Crippen LogP contribution in [0, 0.1) is 0 Å². The molecule has 7 heteroatoms. The Balaban J connectivity index is 1.50. The van der Waals surface area contributed by atoms with E-state index in [1.165, 1.54) is 10.9 Å². The van der Waals surface area contributed by atoms with Crippen molar-refractivity contribution in [3.63, 3.8) is 0 Å². The highest BCUT2D eigenvalue weighted by atomic mass is 16.5. The Kier molecular flexibility index (Phi) is 4.58. The number of aryl methyl sites for hydroxylation is 1. The first-order valence-electron chi connectivity index (χ1n) is 10.1. The monoisotopic (exact) mass is 414 g/mol. The summed E-state index contributed by atoms with van der Waals surface area (Å²) in [4.78, 5) is 32.5. The van der Waals surface area contributed by atoms with Gasteiger partial charge in [-0.15, -0.1) is 0 Å². The third-order valence-corrected chi connectivity index (χ3v) is 5.82. The maximum Gasteiger partial charge on any atom is 0.278 e. The molecule has 1 aliphatic heterocycles. The van der Waals surface area contributed by atoms with Gasteiger partial charge in [0, 0.05) is 31.0 Å². The molecule has 4 aromatic rings. The lowest BCUT2D eigenvalue weighted by Crippen LogP contribution is -2.35. The molecule has 1 amide bonds. The second-order valence-corrected chi connectivity index (χ2v) is 7.68. The van der Waals surface area contributed by atoms with Gasteiger partial charge in [-0.25, -0.2) is 4.98 Å². The molecule has 7 nitrogen and oxygen atoms in total. The lowest BCUT2D eigenvalue weighted by molar-refractivity contribution is -0.119. The number of benzene rings is 2. The Labute approximate surface area is 179 Å². The van der Waals surface area contributed by atoms with Crippen LogP contribution in [0.5, 0.6) is 5.75 Å². The standard InChI is InChI=1S/C24H22N4O3/c1-26-13-19(17-7-5-8-18(12-17)31-2)22-23(26)24(30)27(15-25-22)14-21(29)28-11-10-16-6-3-4-9-20(16)28/h3-9,12-13,15H,10-11,14H2,1-2H3. The number of carbonyl (C=O) groups excluding carboxylic acids is 1. The van der Waals surface area contributed by atoms with Crippen LogP contribution in [0.3, 0.4) is 0 Å². The minimum Gasteiger partial charge on any atom is -0.497 e. The molecule has 156 valence electrons. The Hall–Kier alpha value is -3.87. The first-order chi connectivity index (χ1) is 15.1. The van der Waals surface area contributed by atoms with E-state index in [4.69, 9.17) is 4.74 Å². The fourth-order valence-corrected chi connectivity index (χ4v) is 4.26. The van der Waals surface area contributed by atoms with Gasteiger partial charge in [0.05, 0.1) is 13.4 Å². The number of methoxy groups -OCH3 is 1. The Morgan fingerprint density at radius 2 is 2.00 bits per heavy atom. The van der Waals surface area contributed by atoms with Crippen LogP contribution in [0.4, 0.5) is 5.69 Å². The molecule has 31 heavy (non-hydrogen) atoms. The number of hydrogen-bond donors (Lipinski definition) is 0. The van der Waals surface area contributed by atoms with Crippen molar-refractivity contribution in [1.29, 1.82) is 0 Å². The van der Waals surface area contributed by atoms with E-state index in [0.29, 0.717) is 17.6 Å². The minimum absolute atomic E-state index is 0.0459. The first kappa shape index (κ1) is 19.1. The molecule has 2 aromatic carbocycles. The van der Waals surface area contributed by atoms with Crippen LogP contribution in [-0.2, 0) is 24.8 Å². The van der Waals surface area contributed by atoms with Crippen molar-refractivity contribution < 1.29 is 9.53 Å². The average molecular weight is 414 g/mol. The van der Waals surface area contributed by atoms with E-state index in [-0.39, 0.29) is 18.0 Å². The highest BCUT2D eigenvalue weighted by molar-refractivity contribution is 5.96. The summed E-state index contributed by atoms with van der Waals surface area (Å²) in [6.45, 7) is 0.586. The number of ether oxygens (including phenoxy) is 1. The molecule has 0 saturated carbocycles. The van der Waals surface area contributed by atoms with E-state index >= 15 is 0 Å². The quantitative estimate of drug-likeness (QED) is 0.515. The van der Waals surface area contributed by atoms with Crippen LogP contribution in [-0.4, -0.2) is 33.7 Å². The number of rotatable bonds is 4. The number of fused-ring (bicyclic) bond motifs is 2. The summed E-state index contributed by atoms with van der Waals surface area (Å²) in [5.74, 6) is 0.620. The van der Waals surface area contributed by atoms with Crippen molar-refractivity contribution in [3.8, 4) is 16.9 Å². The Morgan fingerprint density at radius 3 is 2.84 bits per heavy atom. The fraction of sp³-hybridized carbons (Fsp3) is 0.208. The molecule has 0 bridgehead atoms. The summed E-state index contributed by atoms with van der Waals surface area (Å²) in [5, 5.41) is 0. The Bertz CT molecular complexity index is 1370. The molecule has 0 radical (unpaired) electrons. The zero-order chi connectivity index (χ0) is 21.5. The van der Waals surface area contributed by atoms with Crippen LogP contribution in [0.2, 0.25) is 0 Å². The average Bonchev–Trinajstić information content (AvgIpc) is 3.37. The zero-order valence-corrected chi connectivity index (χ0v) is 17.4. The minimum atomic E-state index is -0.234. The normalized spacial score (nSPS) is 12.9. The molecule has 0 fully saturated rings. The fourth-order valence-electron chi connectivity index (χ4n) is 4.26. The summed E-state index contributed by atoms with van der Waals surface area (Å²) in [7, 11) is 3.44. The summed E-state index contributed by atoms with van der Waals surface area (Å²) in [5.41, 5.74) is 4.68. The van der Waals surface area contributed by atoms with Crippen LogP contribution in [0.1, 0.15) is 5.56 Å². The molecule has 0 spiro atoms. The maximum atomic E-state index is 13.2. The topological polar surface area (TPSA) is 69.4 Å². The van der Waals surface area contributed by atoms with E-state index in [1.807, 2.05) is 61.8 Å². The molecular weight excluding hydrogens is 392 g/mol. The summed E-state index contributed by atoms with van der Waals surface area (Å²) in [6, 6.07) is 15.5. The predicted octanol–water partition coefficient (Wildman–Crippen LogP) is 3.00. The Morgan fingerprint density at radius 1 is 1.16 bits per heavy atom. The summed E-state index contributed by atoms with van der Waals surface area (Å²) >= 11 is 0.